The number of fused-ring (bicyclic) bond motifs is 1. The van der Waals surface area contributed by atoms with Gasteiger partial charge in [0.1, 0.15) is 5.75 Å². The van der Waals surface area contributed by atoms with E-state index in [0.717, 1.165) is 24.1 Å². The molecule has 0 bridgehead atoms. The van der Waals surface area contributed by atoms with Gasteiger partial charge in [0.05, 0.1) is 23.4 Å². The lowest BCUT2D eigenvalue weighted by atomic mass is 10.1. The monoisotopic (exact) mass is 442 g/mol. The van der Waals surface area contributed by atoms with Crippen molar-refractivity contribution in [3.05, 3.63) is 48.0 Å². The summed E-state index contributed by atoms with van der Waals surface area (Å²) in [6.07, 6.45) is 2.33. The average Bonchev–Trinajstić information content (AvgIpc) is 3.54. The Labute approximate surface area is 182 Å². The lowest BCUT2D eigenvalue weighted by molar-refractivity contribution is -0.120. The van der Waals surface area contributed by atoms with Gasteiger partial charge in [0.15, 0.2) is 9.84 Å². The van der Waals surface area contributed by atoms with Crippen LogP contribution in [-0.4, -0.2) is 39.1 Å². The molecule has 0 spiro atoms. The van der Waals surface area contributed by atoms with Gasteiger partial charge in [0.2, 0.25) is 11.8 Å². The van der Waals surface area contributed by atoms with Crippen molar-refractivity contribution in [1.29, 1.82) is 0 Å². The van der Waals surface area contributed by atoms with E-state index in [9.17, 15) is 18.0 Å². The van der Waals surface area contributed by atoms with E-state index in [-0.39, 0.29) is 34.9 Å². The lowest BCUT2D eigenvalue weighted by Gasteiger charge is -2.22. The van der Waals surface area contributed by atoms with Crippen LogP contribution >= 0.6 is 0 Å². The maximum atomic E-state index is 12.8. The minimum Gasteiger partial charge on any atom is -0.495 e. The van der Waals surface area contributed by atoms with Crippen LogP contribution < -0.4 is 15.0 Å². The molecule has 2 aliphatic rings. The number of nitrogens with one attached hydrogen (secondary N) is 1. The maximum Gasteiger partial charge on any atom is 0.230 e. The Balaban J connectivity index is 1.44. The fourth-order valence-corrected chi connectivity index (χ4v) is 5.26. The van der Waals surface area contributed by atoms with E-state index in [1.54, 1.807) is 36.4 Å². The highest BCUT2D eigenvalue weighted by Gasteiger charge is 2.39. The van der Waals surface area contributed by atoms with Crippen molar-refractivity contribution in [1.82, 2.24) is 0 Å². The number of carbonyl (C=O) groups is 2. The minimum absolute atomic E-state index is 0.0210. The molecule has 0 radical (unpaired) electrons. The Morgan fingerprint density at radius 3 is 2.61 bits per heavy atom. The lowest BCUT2D eigenvalue weighted by Crippen LogP contribution is -2.36. The first kappa shape index (κ1) is 21.4. The fourth-order valence-electron chi connectivity index (χ4n) is 3.97. The van der Waals surface area contributed by atoms with Gasteiger partial charge in [-0.2, -0.15) is 0 Å². The third-order valence-electron chi connectivity index (χ3n) is 5.77. The van der Waals surface area contributed by atoms with Crippen molar-refractivity contribution in [3.63, 3.8) is 0 Å². The summed E-state index contributed by atoms with van der Waals surface area (Å²) in [5, 5.41) is 2.70. The van der Waals surface area contributed by atoms with E-state index in [4.69, 9.17) is 4.74 Å². The Morgan fingerprint density at radius 2 is 1.90 bits per heavy atom. The number of amides is 2. The topological polar surface area (TPSA) is 92.8 Å². The van der Waals surface area contributed by atoms with E-state index >= 15 is 0 Å². The van der Waals surface area contributed by atoms with E-state index in [0.29, 0.717) is 17.9 Å². The molecule has 1 N–H and O–H groups in total. The van der Waals surface area contributed by atoms with E-state index < -0.39 is 15.7 Å². The summed E-state index contributed by atoms with van der Waals surface area (Å²) in [4.78, 5) is 26.9. The third-order valence-corrected chi connectivity index (χ3v) is 7.48. The van der Waals surface area contributed by atoms with Crippen molar-refractivity contribution in [2.24, 2.45) is 5.92 Å². The number of rotatable bonds is 7. The number of nitrogens with zero attached hydrogens (tertiary/aromatic N) is 1. The molecular formula is C23H26N2O5S. The highest BCUT2D eigenvalue weighted by atomic mass is 32.2. The molecule has 1 fully saturated rings. The molecule has 2 aromatic rings. The van der Waals surface area contributed by atoms with Crippen molar-refractivity contribution < 1.29 is 22.7 Å². The smallest absolute Gasteiger partial charge is 0.230 e. The molecule has 0 unspecified atom stereocenters. The standard InChI is InChI=1S/C23H26N2O5S/c1-15-13-17-14-18(9-10-20(17)25(15)23(27)16-7-8-16)31(28,29)12-11-22(26)24-19-5-3-4-6-21(19)30-2/h3-6,9-10,14-16H,7-8,11-13H2,1-2H3,(H,24,26)/t15-/m1/s1. The first-order chi connectivity index (χ1) is 14.8. The SMILES string of the molecule is COc1ccccc1NC(=O)CCS(=O)(=O)c1ccc2c(c1)C[C@@H](C)N2C(=O)C1CC1. The molecule has 0 aromatic heterocycles. The third kappa shape index (κ3) is 4.44. The van der Waals surface area contributed by atoms with Crippen LogP contribution in [0.25, 0.3) is 0 Å². The summed E-state index contributed by atoms with van der Waals surface area (Å²) in [6.45, 7) is 1.98. The fraction of sp³-hybridized carbons (Fsp3) is 0.391. The first-order valence-corrected chi connectivity index (χ1v) is 12.1. The van der Waals surface area contributed by atoms with E-state index in [2.05, 4.69) is 5.32 Å². The van der Waals surface area contributed by atoms with E-state index in [1.165, 1.54) is 13.2 Å². The molecule has 0 saturated heterocycles. The molecule has 7 nitrogen and oxygen atoms in total. The van der Waals surface area contributed by atoms with Gasteiger partial charge < -0.3 is 15.0 Å². The van der Waals surface area contributed by atoms with Crippen LogP contribution in [0.5, 0.6) is 5.75 Å². The van der Waals surface area contributed by atoms with Gasteiger partial charge in [0, 0.05) is 24.1 Å². The molecule has 8 heteroatoms. The number of para-hydroxylation sites is 2. The van der Waals surface area contributed by atoms with Crippen LogP contribution in [0, 0.1) is 5.92 Å². The molecule has 2 aromatic carbocycles. The first-order valence-electron chi connectivity index (χ1n) is 10.4. The van der Waals surface area contributed by atoms with Crippen LogP contribution in [0.15, 0.2) is 47.4 Å². The van der Waals surface area contributed by atoms with Gasteiger partial charge in [-0.1, -0.05) is 12.1 Å². The zero-order valence-corrected chi connectivity index (χ0v) is 18.4. The number of benzene rings is 2. The Bertz CT molecular complexity index is 1120. The summed E-state index contributed by atoms with van der Waals surface area (Å²) in [5.41, 5.74) is 2.16. The number of ether oxygens (including phenoxy) is 1. The van der Waals surface area contributed by atoms with Gasteiger partial charge in [-0.3, -0.25) is 9.59 Å². The van der Waals surface area contributed by atoms with Crippen LogP contribution in [0.2, 0.25) is 0 Å². The highest BCUT2D eigenvalue weighted by Crippen LogP contribution is 2.39. The largest absolute Gasteiger partial charge is 0.495 e. The summed E-state index contributed by atoms with van der Waals surface area (Å²) in [6, 6.07) is 11.9. The second kappa shape index (κ2) is 8.34. The number of hydrogen-bond acceptors (Lipinski definition) is 5. The highest BCUT2D eigenvalue weighted by molar-refractivity contribution is 7.91. The summed E-state index contributed by atoms with van der Waals surface area (Å²) >= 11 is 0. The molecule has 1 saturated carbocycles. The van der Waals surface area contributed by atoms with Gasteiger partial charge in [-0.25, -0.2) is 8.42 Å². The molecule has 31 heavy (non-hydrogen) atoms. The van der Waals surface area contributed by atoms with Crippen molar-refractivity contribution >= 4 is 33.0 Å². The molecule has 2 amide bonds. The van der Waals surface area contributed by atoms with Gasteiger partial charge in [-0.15, -0.1) is 0 Å². The Morgan fingerprint density at radius 1 is 1.16 bits per heavy atom. The van der Waals surface area contributed by atoms with Crippen LogP contribution in [0.1, 0.15) is 31.7 Å². The van der Waals surface area contributed by atoms with Crippen LogP contribution in [0.3, 0.4) is 0 Å². The average molecular weight is 443 g/mol. The second-order valence-corrected chi connectivity index (χ2v) is 10.3. The Kier molecular flexibility index (Phi) is 5.75. The predicted molar refractivity (Wildman–Crippen MR) is 118 cm³/mol. The maximum absolute atomic E-state index is 12.8. The number of methoxy groups -OCH3 is 1. The van der Waals surface area contributed by atoms with Gasteiger partial charge >= 0.3 is 0 Å². The number of carbonyl (C=O) groups excluding carboxylic acids is 2. The molecule has 1 heterocycles. The van der Waals surface area contributed by atoms with Crippen LogP contribution in [0.4, 0.5) is 11.4 Å². The zero-order chi connectivity index (χ0) is 22.2. The normalized spacial score (nSPS) is 17.9. The van der Waals surface area contributed by atoms with Gasteiger partial charge in [0.25, 0.3) is 0 Å². The molecule has 1 aliphatic heterocycles. The predicted octanol–water partition coefficient (Wildman–Crippen LogP) is 3.19. The van der Waals surface area contributed by atoms with Crippen molar-refractivity contribution in [2.45, 2.75) is 43.5 Å². The minimum atomic E-state index is -3.64. The van der Waals surface area contributed by atoms with Crippen molar-refractivity contribution in [2.75, 3.05) is 23.1 Å². The van der Waals surface area contributed by atoms with Crippen molar-refractivity contribution in [3.8, 4) is 5.75 Å². The molecule has 164 valence electrons. The molecule has 1 aliphatic carbocycles. The second-order valence-electron chi connectivity index (χ2n) is 8.14. The number of hydrogen-bond donors (Lipinski definition) is 1. The summed E-state index contributed by atoms with van der Waals surface area (Å²) < 4.78 is 30.9. The Hall–Kier alpha value is -2.87. The van der Waals surface area contributed by atoms with Crippen LogP contribution in [-0.2, 0) is 25.8 Å². The quantitative estimate of drug-likeness (QED) is 0.711. The number of anilines is 2. The molecular weight excluding hydrogens is 416 g/mol. The molecule has 1 atom stereocenters. The summed E-state index contributed by atoms with van der Waals surface area (Å²) in [5.74, 6) is 0.0572. The van der Waals surface area contributed by atoms with E-state index in [1.807, 2.05) is 11.8 Å². The zero-order valence-electron chi connectivity index (χ0n) is 17.6. The summed E-state index contributed by atoms with van der Waals surface area (Å²) in [7, 11) is -2.14. The number of sulfone groups is 1. The molecule has 4 rings (SSSR count). The van der Waals surface area contributed by atoms with Gasteiger partial charge in [-0.05, 0) is 62.1 Å².